The van der Waals surface area contributed by atoms with Crippen molar-refractivity contribution in [3.8, 4) is 5.75 Å². The maximum Gasteiger partial charge on any atom is 0.250 e. The van der Waals surface area contributed by atoms with Crippen LogP contribution in [0.25, 0.3) is 0 Å². The molecule has 23 heavy (non-hydrogen) atoms. The first kappa shape index (κ1) is 15.8. The average molecular weight is 312 g/mol. The van der Waals surface area contributed by atoms with Crippen molar-refractivity contribution in [2.24, 2.45) is 7.05 Å². The SMILES string of the molecule is COc1ccc(C[C@@H]2CCCN2Cc2ccn(C)c(=O)c2)cc1. The number of hydrogen-bond acceptors (Lipinski definition) is 3. The Kier molecular flexibility index (Phi) is 4.82. The summed E-state index contributed by atoms with van der Waals surface area (Å²) >= 11 is 0. The van der Waals surface area contributed by atoms with Crippen molar-refractivity contribution in [1.29, 1.82) is 0 Å². The topological polar surface area (TPSA) is 34.5 Å². The molecule has 2 heterocycles. The number of likely N-dealkylation sites (tertiary alicyclic amines) is 1. The number of nitrogens with zero attached hydrogens (tertiary/aromatic N) is 2. The van der Waals surface area contributed by atoms with E-state index in [1.807, 2.05) is 24.4 Å². The first-order valence-electron chi connectivity index (χ1n) is 8.18. The quantitative estimate of drug-likeness (QED) is 0.851. The van der Waals surface area contributed by atoms with Gasteiger partial charge in [0.15, 0.2) is 0 Å². The molecule has 1 saturated heterocycles. The van der Waals surface area contributed by atoms with Gasteiger partial charge in [-0.3, -0.25) is 9.69 Å². The van der Waals surface area contributed by atoms with E-state index in [0.717, 1.165) is 30.8 Å². The highest BCUT2D eigenvalue weighted by Crippen LogP contribution is 2.24. The predicted octanol–water partition coefficient (Wildman–Crippen LogP) is 2.60. The Morgan fingerprint density at radius 1 is 1.17 bits per heavy atom. The molecule has 1 aromatic carbocycles. The third-order valence-electron chi connectivity index (χ3n) is 4.68. The first-order valence-corrected chi connectivity index (χ1v) is 8.18. The second-order valence-corrected chi connectivity index (χ2v) is 6.30. The number of ether oxygens (including phenoxy) is 1. The van der Waals surface area contributed by atoms with Crippen LogP contribution in [-0.4, -0.2) is 29.2 Å². The first-order chi connectivity index (χ1) is 11.2. The molecule has 1 aliphatic rings. The van der Waals surface area contributed by atoms with Gasteiger partial charge in [0.05, 0.1) is 7.11 Å². The minimum atomic E-state index is 0.0633. The molecule has 0 N–H and O–H groups in total. The lowest BCUT2D eigenvalue weighted by Gasteiger charge is -2.24. The number of hydrogen-bond donors (Lipinski definition) is 0. The molecule has 0 saturated carbocycles. The van der Waals surface area contributed by atoms with Gasteiger partial charge in [-0.15, -0.1) is 0 Å². The molecular formula is C19H24N2O2. The molecule has 122 valence electrons. The van der Waals surface area contributed by atoms with Gasteiger partial charge in [-0.1, -0.05) is 12.1 Å². The fourth-order valence-electron chi connectivity index (χ4n) is 3.29. The molecule has 1 atom stereocenters. The second-order valence-electron chi connectivity index (χ2n) is 6.30. The fourth-order valence-corrected chi connectivity index (χ4v) is 3.29. The smallest absolute Gasteiger partial charge is 0.250 e. The van der Waals surface area contributed by atoms with Crippen LogP contribution in [0.4, 0.5) is 0 Å². The van der Waals surface area contributed by atoms with Crippen LogP contribution in [0.2, 0.25) is 0 Å². The molecule has 0 amide bonds. The highest BCUT2D eigenvalue weighted by molar-refractivity contribution is 5.27. The van der Waals surface area contributed by atoms with E-state index in [2.05, 4.69) is 17.0 Å². The Labute approximate surface area is 137 Å². The normalized spacial score (nSPS) is 18.3. The molecule has 3 rings (SSSR count). The predicted molar refractivity (Wildman–Crippen MR) is 91.8 cm³/mol. The summed E-state index contributed by atoms with van der Waals surface area (Å²) in [6.07, 6.45) is 5.35. The van der Waals surface area contributed by atoms with Gasteiger partial charge >= 0.3 is 0 Å². The van der Waals surface area contributed by atoms with Crippen molar-refractivity contribution in [3.05, 3.63) is 64.1 Å². The number of rotatable bonds is 5. The van der Waals surface area contributed by atoms with Crippen molar-refractivity contribution in [3.63, 3.8) is 0 Å². The third-order valence-corrected chi connectivity index (χ3v) is 4.68. The molecule has 0 radical (unpaired) electrons. The summed E-state index contributed by atoms with van der Waals surface area (Å²) in [5, 5.41) is 0. The van der Waals surface area contributed by atoms with Crippen LogP contribution in [-0.2, 0) is 20.0 Å². The van der Waals surface area contributed by atoms with E-state index < -0.39 is 0 Å². The minimum Gasteiger partial charge on any atom is -0.497 e. The second kappa shape index (κ2) is 7.01. The van der Waals surface area contributed by atoms with Crippen molar-refractivity contribution in [2.75, 3.05) is 13.7 Å². The Hall–Kier alpha value is -2.07. The van der Waals surface area contributed by atoms with Gasteiger partial charge in [0.1, 0.15) is 5.75 Å². The molecule has 4 nitrogen and oxygen atoms in total. The van der Waals surface area contributed by atoms with Gasteiger partial charge < -0.3 is 9.30 Å². The van der Waals surface area contributed by atoms with Gasteiger partial charge in [-0.25, -0.2) is 0 Å². The van der Waals surface area contributed by atoms with Gasteiger partial charge in [0.2, 0.25) is 0 Å². The molecule has 0 aliphatic carbocycles. The fraction of sp³-hybridized carbons (Fsp3) is 0.421. The van der Waals surface area contributed by atoms with Crippen LogP contribution < -0.4 is 10.3 Å². The van der Waals surface area contributed by atoms with Gasteiger partial charge in [0.25, 0.3) is 5.56 Å². The Morgan fingerprint density at radius 2 is 1.96 bits per heavy atom. The summed E-state index contributed by atoms with van der Waals surface area (Å²) in [6, 6.07) is 12.7. The lowest BCUT2D eigenvalue weighted by molar-refractivity contribution is 0.243. The number of pyridine rings is 1. The Morgan fingerprint density at radius 3 is 2.65 bits per heavy atom. The summed E-state index contributed by atoms with van der Waals surface area (Å²) < 4.78 is 6.83. The van der Waals surface area contributed by atoms with Crippen LogP contribution >= 0.6 is 0 Å². The average Bonchev–Trinajstić information content (AvgIpc) is 2.98. The maximum atomic E-state index is 11.8. The third kappa shape index (κ3) is 3.82. The molecule has 0 unspecified atom stereocenters. The zero-order valence-electron chi connectivity index (χ0n) is 13.9. The molecule has 1 aliphatic heterocycles. The van der Waals surface area contributed by atoms with E-state index in [1.54, 1.807) is 24.8 Å². The van der Waals surface area contributed by atoms with E-state index in [4.69, 9.17) is 4.74 Å². The van der Waals surface area contributed by atoms with Gasteiger partial charge in [-0.05, 0) is 55.1 Å². The maximum absolute atomic E-state index is 11.8. The number of aryl methyl sites for hydroxylation is 1. The molecule has 4 heteroatoms. The van der Waals surface area contributed by atoms with E-state index in [9.17, 15) is 4.79 Å². The Balaban J connectivity index is 1.67. The molecule has 2 aromatic rings. The summed E-state index contributed by atoms with van der Waals surface area (Å²) in [5.74, 6) is 0.900. The van der Waals surface area contributed by atoms with Crippen molar-refractivity contribution < 1.29 is 4.74 Å². The van der Waals surface area contributed by atoms with Gasteiger partial charge in [-0.2, -0.15) is 0 Å². The zero-order valence-corrected chi connectivity index (χ0v) is 13.9. The molecule has 0 spiro atoms. The monoisotopic (exact) mass is 312 g/mol. The lowest BCUT2D eigenvalue weighted by atomic mass is 10.0. The lowest BCUT2D eigenvalue weighted by Crippen LogP contribution is -2.31. The Bertz CT molecular complexity index is 706. The van der Waals surface area contributed by atoms with E-state index >= 15 is 0 Å². The molecule has 1 fully saturated rings. The molecule has 0 bridgehead atoms. The summed E-state index contributed by atoms with van der Waals surface area (Å²) in [6.45, 7) is 1.97. The summed E-state index contributed by atoms with van der Waals surface area (Å²) in [5.41, 5.74) is 2.51. The standard InChI is InChI=1S/C19H24N2O2/c1-20-11-9-16(13-19(20)22)14-21-10-3-4-17(21)12-15-5-7-18(23-2)8-6-15/h5-9,11,13,17H,3-4,10,12,14H2,1-2H3/t17-/m0/s1. The van der Waals surface area contributed by atoms with Crippen LogP contribution in [0.3, 0.4) is 0 Å². The van der Waals surface area contributed by atoms with E-state index in [-0.39, 0.29) is 5.56 Å². The molecule has 1 aromatic heterocycles. The van der Waals surface area contributed by atoms with Crippen LogP contribution in [0.1, 0.15) is 24.0 Å². The molecular weight excluding hydrogens is 288 g/mol. The zero-order chi connectivity index (χ0) is 16.2. The number of benzene rings is 1. The van der Waals surface area contributed by atoms with E-state index in [1.165, 1.54) is 18.4 Å². The summed E-state index contributed by atoms with van der Waals surface area (Å²) in [4.78, 5) is 14.3. The van der Waals surface area contributed by atoms with Gasteiger partial charge in [0, 0.05) is 31.9 Å². The highest BCUT2D eigenvalue weighted by Gasteiger charge is 2.24. The minimum absolute atomic E-state index is 0.0633. The van der Waals surface area contributed by atoms with Crippen LogP contribution in [0, 0.1) is 0 Å². The van der Waals surface area contributed by atoms with Crippen molar-refractivity contribution in [2.45, 2.75) is 31.8 Å². The number of aromatic nitrogens is 1. The van der Waals surface area contributed by atoms with Crippen LogP contribution in [0.15, 0.2) is 47.4 Å². The highest BCUT2D eigenvalue weighted by atomic mass is 16.5. The van der Waals surface area contributed by atoms with Crippen molar-refractivity contribution >= 4 is 0 Å². The largest absolute Gasteiger partial charge is 0.497 e. The van der Waals surface area contributed by atoms with E-state index in [0.29, 0.717) is 6.04 Å². The van der Waals surface area contributed by atoms with Crippen molar-refractivity contribution in [1.82, 2.24) is 9.47 Å². The van der Waals surface area contributed by atoms with Crippen LogP contribution in [0.5, 0.6) is 5.75 Å². The number of methoxy groups -OCH3 is 1. The summed E-state index contributed by atoms with van der Waals surface area (Å²) in [7, 11) is 3.48.